The number of esters is 1. The Balaban J connectivity index is 2.09. The normalized spacial score (nSPS) is 15.1. The minimum Gasteiger partial charge on any atom is -0.465 e. The zero-order chi connectivity index (χ0) is 13.1. The van der Waals surface area contributed by atoms with Gasteiger partial charge in [0.25, 0.3) is 0 Å². The average Bonchev–Trinajstić information content (AvgIpc) is 2.70. The summed E-state index contributed by atoms with van der Waals surface area (Å²) in [6.07, 6.45) is 0.540. The third kappa shape index (κ3) is 2.53. The maximum absolute atomic E-state index is 11.4. The molecular formula is C12H11NO4S. The van der Waals surface area contributed by atoms with Gasteiger partial charge in [-0.3, -0.25) is 9.59 Å². The second kappa shape index (κ2) is 5.22. The van der Waals surface area contributed by atoms with Crippen LogP contribution in [-0.4, -0.2) is 29.2 Å². The van der Waals surface area contributed by atoms with Gasteiger partial charge >= 0.3 is 5.97 Å². The van der Waals surface area contributed by atoms with Crippen molar-refractivity contribution in [3.63, 3.8) is 0 Å². The van der Waals surface area contributed by atoms with E-state index in [0.29, 0.717) is 5.56 Å². The molecule has 94 valence electrons. The number of imide groups is 1. The van der Waals surface area contributed by atoms with Crippen LogP contribution in [0.3, 0.4) is 0 Å². The summed E-state index contributed by atoms with van der Waals surface area (Å²) in [5.41, 5.74) is 0.431. The smallest absolute Gasteiger partial charge is 0.337 e. The highest BCUT2D eigenvalue weighted by molar-refractivity contribution is 7.98. The van der Waals surface area contributed by atoms with Crippen LogP contribution in [0.15, 0.2) is 29.2 Å². The molecule has 0 aromatic heterocycles. The van der Waals surface area contributed by atoms with E-state index in [2.05, 4.69) is 4.74 Å². The van der Waals surface area contributed by atoms with Crippen molar-refractivity contribution in [1.82, 2.24) is 4.31 Å². The molecule has 1 saturated heterocycles. The maximum atomic E-state index is 11.4. The SMILES string of the molecule is COC(=O)c1ccc(SN2C(=O)CCC2=O)cc1. The molecule has 1 aliphatic rings. The Kier molecular flexibility index (Phi) is 3.66. The molecule has 0 aliphatic carbocycles. The second-order valence-electron chi connectivity index (χ2n) is 3.69. The molecule has 0 atom stereocenters. The summed E-state index contributed by atoms with van der Waals surface area (Å²) >= 11 is 1.08. The van der Waals surface area contributed by atoms with Crippen molar-refractivity contribution in [3.05, 3.63) is 29.8 Å². The maximum Gasteiger partial charge on any atom is 0.337 e. The Hall–Kier alpha value is -1.82. The van der Waals surface area contributed by atoms with E-state index in [1.165, 1.54) is 7.11 Å². The molecule has 0 bridgehead atoms. The Labute approximate surface area is 108 Å². The first-order chi connectivity index (χ1) is 8.61. The van der Waals surface area contributed by atoms with Gasteiger partial charge in [0.05, 0.1) is 12.7 Å². The Morgan fingerprint density at radius 3 is 2.22 bits per heavy atom. The van der Waals surface area contributed by atoms with Gasteiger partial charge in [-0.15, -0.1) is 0 Å². The van der Waals surface area contributed by atoms with Crippen LogP contribution in [0, 0.1) is 0 Å². The van der Waals surface area contributed by atoms with Crippen LogP contribution >= 0.6 is 11.9 Å². The van der Waals surface area contributed by atoms with Crippen molar-refractivity contribution in [1.29, 1.82) is 0 Å². The lowest BCUT2D eigenvalue weighted by Gasteiger charge is -2.11. The average molecular weight is 265 g/mol. The minimum atomic E-state index is -0.417. The molecule has 1 fully saturated rings. The molecule has 5 nitrogen and oxygen atoms in total. The number of hydrogen-bond donors (Lipinski definition) is 0. The third-order valence-electron chi connectivity index (χ3n) is 2.48. The number of carbonyl (C=O) groups excluding carboxylic acids is 3. The van der Waals surface area contributed by atoms with Gasteiger partial charge in [-0.05, 0) is 36.2 Å². The Bertz CT molecular complexity index is 481. The summed E-state index contributed by atoms with van der Waals surface area (Å²) in [6, 6.07) is 6.55. The molecular weight excluding hydrogens is 254 g/mol. The molecule has 0 radical (unpaired) electrons. The Morgan fingerprint density at radius 1 is 1.17 bits per heavy atom. The largest absolute Gasteiger partial charge is 0.465 e. The van der Waals surface area contributed by atoms with Crippen LogP contribution in [0.25, 0.3) is 0 Å². The van der Waals surface area contributed by atoms with E-state index in [-0.39, 0.29) is 24.7 Å². The first-order valence-electron chi connectivity index (χ1n) is 5.34. The van der Waals surface area contributed by atoms with Gasteiger partial charge in [-0.1, -0.05) is 0 Å². The summed E-state index contributed by atoms with van der Waals surface area (Å²) in [4.78, 5) is 34.8. The van der Waals surface area contributed by atoms with E-state index in [0.717, 1.165) is 21.1 Å². The monoisotopic (exact) mass is 265 g/mol. The van der Waals surface area contributed by atoms with Crippen molar-refractivity contribution >= 4 is 29.7 Å². The lowest BCUT2D eigenvalue weighted by molar-refractivity contribution is -0.131. The number of amides is 2. The van der Waals surface area contributed by atoms with Gasteiger partial charge < -0.3 is 4.74 Å². The number of methoxy groups -OCH3 is 1. The van der Waals surface area contributed by atoms with E-state index >= 15 is 0 Å². The second-order valence-corrected chi connectivity index (χ2v) is 4.71. The number of nitrogens with zero attached hydrogens (tertiary/aromatic N) is 1. The van der Waals surface area contributed by atoms with Crippen molar-refractivity contribution in [3.8, 4) is 0 Å². The molecule has 1 heterocycles. The van der Waals surface area contributed by atoms with Crippen molar-refractivity contribution in [2.75, 3.05) is 7.11 Å². The molecule has 0 unspecified atom stereocenters. The van der Waals surface area contributed by atoms with Gasteiger partial charge in [0.2, 0.25) is 11.8 Å². The van der Waals surface area contributed by atoms with Crippen LogP contribution in [0.5, 0.6) is 0 Å². The number of benzene rings is 1. The lowest BCUT2D eigenvalue weighted by atomic mass is 10.2. The summed E-state index contributed by atoms with van der Waals surface area (Å²) in [5.74, 6) is -0.774. The van der Waals surface area contributed by atoms with E-state index < -0.39 is 5.97 Å². The van der Waals surface area contributed by atoms with Gasteiger partial charge in [-0.25, -0.2) is 9.10 Å². The first-order valence-corrected chi connectivity index (χ1v) is 6.11. The van der Waals surface area contributed by atoms with Gasteiger partial charge in [0.1, 0.15) is 0 Å². The fourth-order valence-electron chi connectivity index (χ4n) is 1.53. The molecule has 1 aromatic rings. The molecule has 2 amide bonds. The molecule has 1 aliphatic heterocycles. The van der Waals surface area contributed by atoms with Gasteiger partial charge in [0.15, 0.2) is 0 Å². The minimum absolute atomic E-state index is 0.179. The topological polar surface area (TPSA) is 63.7 Å². The Morgan fingerprint density at radius 2 is 1.72 bits per heavy atom. The summed E-state index contributed by atoms with van der Waals surface area (Å²) in [5, 5.41) is 0. The van der Waals surface area contributed by atoms with Crippen molar-refractivity contribution < 1.29 is 19.1 Å². The van der Waals surface area contributed by atoms with Crippen molar-refractivity contribution in [2.24, 2.45) is 0 Å². The standard InChI is InChI=1S/C12H11NO4S/c1-17-12(16)8-2-4-9(5-3-8)18-13-10(14)6-7-11(13)15/h2-5H,6-7H2,1H3. The highest BCUT2D eigenvalue weighted by Gasteiger charge is 2.29. The van der Waals surface area contributed by atoms with Crippen LogP contribution < -0.4 is 0 Å². The molecule has 0 spiro atoms. The fourth-order valence-corrected chi connectivity index (χ4v) is 2.39. The van der Waals surface area contributed by atoms with Gasteiger partial charge in [-0.2, -0.15) is 0 Å². The van der Waals surface area contributed by atoms with Crippen molar-refractivity contribution in [2.45, 2.75) is 17.7 Å². The zero-order valence-corrected chi connectivity index (χ0v) is 10.5. The molecule has 6 heteroatoms. The van der Waals surface area contributed by atoms with Crippen LogP contribution in [0.1, 0.15) is 23.2 Å². The third-order valence-corrected chi connectivity index (χ3v) is 3.55. The van der Waals surface area contributed by atoms with Gasteiger partial charge in [0, 0.05) is 17.7 Å². The quantitative estimate of drug-likeness (QED) is 0.472. The number of carbonyl (C=O) groups is 3. The van der Waals surface area contributed by atoms with E-state index in [1.807, 2.05) is 0 Å². The summed E-state index contributed by atoms with van der Waals surface area (Å²) < 4.78 is 5.74. The lowest BCUT2D eigenvalue weighted by Crippen LogP contribution is -2.20. The predicted octanol–water partition coefficient (Wildman–Crippen LogP) is 1.63. The fraction of sp³-hybridized carbons (Fsp3) is 0.250. The molecule has 2 rings (SSSR count). The van der Waals surface area contributed by atoms with Crippen LogP contribution in [0.2, 0.25) is 0 Å². The number of rotatable bonds is 3. The first kappa shape index (κ1) is 12.6. The molecule has 0 N–H and O–H groups in total. The van der Waals surface area contributed by atoms with E-state index in [1.54, 1.807) is 24.3 Å². The summed E-state index contributed by atoms with van der Waals surface area (Å²) in [7, 11) is 1.31. The zero-order valence-electron chi connectivity index (χ0n) is 9.71. The molecule has 0 saturated carbocycles. The summed E-state index contributed by atoms with van der Waals surface area (Å²) in [6.45, 7) is 0. The molecule has 18 heavy (non-hydrogen) atoms. The van der Waals surface area contributed by atoms with E-state index in [9.17, 15) is 14.4 Å². The van der Waals surface area contributed by atoms with Crippen LogP contribution in [0.4, 0.5) is 0 Å². The number of hydrogen-bond acceptors (Lipinski definition) is 5. The molecule has 1 aromatic carbocycles. The highest BCUT2D eigenvalue weighted by atomic mass is 32.2. The van der Waals surface area contributed by atoms with Crippen LogP contribution in [-0.2, 0) is 14.3 Å². The predicted molar refractivity (Wildman–Crippen MR) is 64.7 cm³/mol. The number of ether oxygens (including phenoxy) is 1. The van der Waals surface area contributed by atoms with E-state index in [4.69, 9.17) is 0 Å². The highest BCUT2D eigenvalue weighted by Crippen LogP contribution is 2.28.